The molecule has 1 aliphatic carbocycles. The summed E-state index contributed by atoms with van der Waals surface area (Å²) >= 11 is 0. The van der Waals surface area contributed by atoms with Gasteiger partial charge < -0.3 is 13.8 Å². The molecule has 1 atom stereocenters. The Kier molecular flexibility index (Phi) is 3.27. The summed E-state index contributed by atoms with van der Waals surface area (Å²) in [6.45, 7) is 3.08. The number of aromatic nitrogens is 3. The summed E-state index contributed by atoms with van der Waals surface area (Å²) in [5.41, 5.74) is 1.26. The summed E-state index contributed by atoms with van der Waals surface area (Å²) in [6.07, 6.45) is 4.44. The van der Waals surface area contributed by atoms with Crippen molar-refractivity contribution in [1.29, 1.82) is 0 Å². The van der Waals surface area contributed by atoms with Crippen LogP contribution in [-0.4, -0.2) is 39.4 Å². The maximum atomic E-state index is 5.66. The van der Waals surface area contributed by atoms with Gasteiger partial charge in [0, 0.05) is 31.4 Å². The quantitative estimate of drug-likeness (QED) is 0.859. The Morgan fingerprint density at radius 3 is 3.05 bits per heavy atom. The Hall–Kier alpha value is -1.66. The van der Waals surface area contributed by atoms with Crippen molar-refractivity contribution in [2.75, 3.05) is 19.8 Å². The van der Waals surface area contributed by atoms with Crippen LogP contribution in [0.4, 0.5) is 0 Å². The fourth-order valence-corrected chi connectivity index (χ4v) is 2.93. The normalized spacial score (nSPS) is 23.6. The van der Waals surface area contributed by atoms with Crippen molar-refractivity contribution >= 4 is 0 Å². The molecular weight excluding hydrogens is 268 g/mol. The number of nitrogens with zero attached hydrogens (tertiary/aromatic N) is 4. The van der Waals surface area contributed by atoms with Gasteiger partial charge in [0.15, 0.2) is 5.82 Å². The van der Waals surface area contributed by atoms with Gasteiger partial charge in [-0.25, -0.2) is 0 Å². The molecular formula is C15H20N4O2. The molecule has 1 saturated heterocycles. The van der Waals surface area contributed by atoms with Crippen LogP contribution in [0.15, 0.2) is 22.9 Å². The maximum absolute atomic E-state index is 5.66. The van der Waals surface area contributed by atoms with Crippen molar-refractivity contribution in [2.24, 2.45) is 7.05 Å². The number of ether oxygens (including phenoxy) is 1. The Morgan fingerprint density at radius 2 is 2.29 bits per heavy atom. The minimum Gasteiger partial charge on any atom is -0.378 e. The third kappa shape index (κ3) is 2.61. The third-order valence-corrected chi connectivity index (χ3v) is 4.32. The first-order chi connectivity index (χ1) is 10.3. The van der Waals surface area contributed by atoms with Gasteiger partial charge in [-0.3, -0.25) is 4.90 Å². The molecule has 1 saturated carbocycles. The molecule has 0 amide bonds. The van der Waals surface area contributed by atoms with Gasteiger partial charge in [-0.2, -0.15) is 4.98 Å². The van der Waals surface area contributed by atoms with E-state index in [9.17, 15) is 0 Å². The molecule has 0 N–H and O–H groups in total. The lowest BCUT2D eigenvalue weighted by Gasteiger charge is -2.35. The lowest BCUT2D eigenvalue weighted by molar-refractivity contribution is -0.0165. The van der Waals surface area contributed by atoms with E-state index in [1.807, 2.05) is 0 Å². The molecule has 2 aromatic rings. The first kappa shape index (κ1) is 13.0. The average molecular weight is 288 g/mol. The van der Waals surface area contributed by atoms with Crippen LogP contribution in [-0.2, 0) is 18.3 Å². The summed E-state index contributed by atoms with van der Waals surface area (Å²) in [4.78, 5) is 6.91. The number of morpholine rings is 1. The molecule has 4 rings (SSSR count). The molecule has 112 valence electrons. The zero-order valence-corrected chi connectivity index (χ0v) is 12.2. The Bertz CT molecular complexity index is 617. The van der Waals surface area contributed by atoms with E-state index in [-0.39, 0.29) is 6.04 Å². The van der Waals surface area contributed by atoms with Gasteiger partial charge in [-0.15, -0.1) is 0 Å². The summed E-state index contributed by atoms with van der Waals surface area (Å²) in [6, 6.07) is 4.47. The molecule has 2 fully saturated rings. The van der Waals surface area contributed by atoms with E-state index in [1.54, 1.807) is 0 Å². The van der Waals surface area contributed by atoms with Crippen molar-refractivity contribution in [2.45, 2.75) is 31.3 Å². The second-order valence-electron chi connectivity index (χ2n) is 5.93. The lowest BCUT2D eigenvalue weighted by Crippen LogP contribution is -2.40. The molecule has 6 heteroatoms. The molecule has 6 nitrogen and oxygen atoms in total. The van der Waals surface area contributed by atoms with Crippen LogP contribution in [0.5, 0.6) is 0 Å². The largest absolute Gasteiger partial charge is 0.378 e. The molecule has 1 aliphatic heterocycles. The van der Waals surface area contributed by atoms with Crippen LogP contribution < -0.4 is 0 Å². The first-order valence-corrected chi connectivity index (χ1v) is 7.57. The molecule has 0 unspecified atom stereocenters. The van der Waals surface area contributed by atoms with Crippen LogP contribution in [0.2, 0.25) is 0 Å². The van der Waals surface area contributed by atoms with Crippen molar-refractivity contribution in [3.05, 3.63) is 35.7 Å². The van der Waals surface area contributed by atoms with Crippen molar-refractivity contribution < 1.29 is 9.26 Å². The molecule has 0 aromatic carbocycles. The predicted octanol–water partition coefficient (Wildman–Crippen LogP) is 1.86. The van der Waals surface area contributed by atoms with Gasteiger partial charge in [0.25, 0.3) is 0 Å². The van der Waals surface area contributed by atoms with E-state index in [0.29, 0.717) is 12.5 Å². The molecule has 0 radical (unpaired) electrons. The lowest BCUT2D eigenvalue weighted by atomic mass is 10.1. The molecule has 2 aliphatic rings. The van der Waals surface area contributed by atoms with Gasteiger partial charge in [0.05, 0.1) is 25.8 Å². The second kappa shape index (κ2) is 5.27. The average Bonchev–Trinajstić information content (AvgIpc) is 3.10. The van der Waals surface area contributed by atoms with Crippen LogP contribution in [0.1, 0.15) is 42.2 Å². The zero-order chi connectivity index (χ0) is 14.2. The SMILES string of the molecule is Cn1cccc1[C@@H]1COCCN1Cc1noc(C2CC2)n1. The van der Waals surface area contributed by atoms with E-state index < -0.39 is 0 Å². The van der Waals surface area contributed by atoms with Crippen LogP contribution in [0, 0.1) is 0 Å². The van der Waals surface area contributed by atoms with Gasteiger partial charge in [0.2, 0.25) is 5.89 Å². The van der Waals surface area contributed by atoms with Gasteiger partial charge in [-0.05, 0) is 25.0 Å². The van der Waals surface area contributed by atoms with Crippen LogP contribution in [0.3, 0.4) is 0 Å². The minimum atomic E-state index is 0.252. The number of hydrogen-bond acceptors (Lipinski definition) is 5. The van der Waals surface area contributed by atoms with Gasteiger partial charge in [-0.1, -0.05) is 5.16 Å². The molecule has 2 aromatic heterocycles. The topological polar surface area (TPSA) is 56.3 Å². The Morgan fingerprint density at radius 1 is 1.38 bits per heavy atom. The van der Waals surface area contributed by atoms with Crippen molar-refractivity contribution in [3.8, 4) is 0 Å². The first-order valence-electron chi connectivity index (χ1n) is 7.57. The Labute approximate surface area is 123 Å². The third-order valence-electron chi connectivity index (χ3n) is 4.32. The van der Waals surface area contributed by atoms with Gasteiger partial charge in [0.1, 0.15) is 0 Å². The minimum absolute atomic E-state index is 0.252. The predicted molar refractivity (Wildman–Crippen MR) is 75.7 cm³/mol. The standard InChI is InChI=1S/C15H20N4O2/c1-18-6-2-3-12(18)13-10-20-8-7-19(13)9-14-16-15(21-17-14)11-4-5-11/h2-3,6,11,13H,4-5,7-10H2,1H3/t13-/m0/s1. The van der Waals surface area contributed by atoms with Crippen LogP contribution in [0.25, 0.3) is 0 Å². The smallest absolute Gasteiger partial charge is 0.229 e. The van der Waals surface area contributed by atoms with Gasteiger partial charge >= 0.3 is 0 Å². The van der Waals surface area contributed by atoms with Crippen molar-refractivity contribution in [1.82, 2.24) is 19.6 Å². The number of aryl methyl sites for hydroxylation is 1. The van der Waals surface area contributed by atoms with E-state index in [4.69, 9.17) is 9.26 Å². The highest BCUT2D eigenvalue weighted by atomic mass is 16.5. The maximum Gasteiger partial charge on any atom is 0.229 e. The zero-order valence-electron chi connectivity index (χ0n) is 12.2. The highest BCUT2D eigenvalue weighted by Gasteiger charge is 2.31. The molecule has 0 bridgehead atoms. The summed E-state index contributed by atoms with van der Waals surface area (Å²) in [5, 5.41) is 4.13. The summed E-state index contributed by atoms with van der Waals surface area (Å²) in [5.74, 6) is 2.12. The number of hydrogen-bond donors (Lipinski definition) is 0. The summed E-state index contributed by atoms with van der Waals surface area (Å²) < 4.78 is 13.2. The molecule has 0 spiro atoms. The second-order valence-corrected chi connectivity index (χ2v) is 5.93. The fourth-order valence-electron chi connectivity index (χ4n) is 2.93. The summed E-state index contributed by atoms with van der Waals surface area (Å²) in [7, 11) is 2.07. The monoisotopic (exact) mass is 288 g/mol. The van der Waals surface area contributed by atoms with Crippen molar-refractivity contribution in [3.63, 3.8) is 0 Å². The Balaban J connectivity index is 1.52. The van der Waals surface area contributed by atoms with E-state index in [0.717, 1.165) is 31.4 Å². The fraction of sp³-hybridized carbons (Fsp3) is 0.600. The number of rotatable bonds is 4. The van der Waals surface area contributed by atoms with E-state index in [1.165, 1.54) is 18.5 Å². The van der Waals surface area contributed by atoms with E-state index >= 15 is 0 Å². The molecule has 21 heavy (non-hydrogen) atoms. The van der Waals surface area contributed by atoms with E-state index in [2.05, 4.69) is 45.0 Å². The molecule has 3 heterocycles. The highest BCUT2D eigenvalue weighted by Crippen LogP contribution is 2.39. The van der Waals surface area contributed by atoms with Crippen LogP contribution >= 0.6 is 0 Å². The highest BCUT2D eigenvalue weighted by molar-refractivity contribution is 5.13.